The number of nitro benzene ring substituents is 1. The number of non-ortho nitro benzene ring substituents is 1. The largest absolute Gasteiger partial charge is 0.428 e. The van der Waals surface area contributed by atoms with Crippen molar-refractivity contribution in [3.63, 3.8) is 0 Å². The van der Waals surface area contributed by atoms with E-state index >= 15 is 0 Å². The van der Waals surface area contributed by atoms with E-state index in [0.717, 1.165) is 0 Å². The van der Waals surface area contributed by atoms with Crippen LogP contribution in [0.2, 0.25) is 5.02 Å². The molecule has 7 heteroatoms. The minimum Gasteiger partial charge on any atom is -0.428 e. The maximum atomic E-state index is 10.5. The number of nitrogens with one attached hydrogen (secondary N) is 1. The number of hydrogen-bond acceptors (Lipinski definition) is 4. The van der Waals surface area contributed by atoms with Gasteiger partial charge in [0.1, 0.15) is 0 Å². The van der Waals surface area contributed by atoms with Gasteiger partial charge in [-0.2, -0.15) is 0 Å². The molecule has 0 saturated heterocycles. The molecule has 1 aromatic carbocycles. The fourth-order valence-corrected chi connectivity index (χ4v) is 1.55. The molecule has 5 nitrogen and oxygen atoms in total. The predicted molar refractivity (Wildman–Crippen MR) is 53.1 cm³/mol. The zero-order valence-corrected chi connectivity index (χ0v) is 8.19. The molecule has 1 aromatic heterocycles. The summed E-state index contributed by atoms with van der Waals surface area (Å²) in [6.45, 7) is 0. The van der Waals surface area contributed by atoms with Crippen molar-refractivity contribution in [2.45, 2.75) is 0 Å². The van der Waals surface area contributed by atoms with Crippen molar-refractivity contribution in [1.82, 2.24) is 4.98 Å². The highest BCUT2D eigenvalue weighted by atomic mass is 35.5. The molecule has 1 heterocycles. The molecule has 0 atom stereocenters. The van der Waals surface area contributed by atoms with Gasteiger partial charge in [-0.3, -0.25) is 10.1 Å². The summed E-state index contributed by atoms with van der Waals surface area (Å²) >= 11 is 10.5. The van der Waals surface area contributed by atoms with Crippen molar-refractivity contribution in [3.8, 4) is 0 Å². The predicted octanol–water partition coefficient (Wildman–Crippen LogP) is 3.05. The fraction of sp³-hybridized carbons (Fsp3) is 0. The van der Waals surface area contributed by atoms with E-state index in [0.29, 0.717) is 11.1 Å². The number of oxazole rings is 1. The first-order chi connectivity index (χ1) is 6.58. The van der Waals surface area contributed by atoms with Gasteiger partial charge in [0.2, 0.25) is 0 Å². The summed E-state index contributed by atoms with van der Waals surface area (Å²) in [5.41, 5.74) is 0.658. The van der Waals surface area contributed by atoms with Gasteiger partial charge in [-0.25, -0.2) is 0 Å². The fourth-order valence-electron chi connectivity index (χ4n) is 1.11. The number of benzene rings is 1. The zero-order chi connectivity index (χ0) is 10.3. The number of nitro groups is 1. The lowest BCUT2D eigenvalue weighted by Crippen LogP contribution is -1.87. The van der Waals surface area contributed by atoms with Crippen LogP contribution in [0.4, 0.5) is 5.69 Å². The molecule has 2 rings (SSSR count). The Bertz CT molecular complexity index is 574. The Morgan fingerprint density at radius 3 is 2.93 bits per heavy atom. The van der Waals surface area contributed by atoms with Crippen molar-refractivity contribution < 1.29 is 9.34 Å². The number of fused-ring (bicyclic) bond motifs is 1. The van der Waals surface area contributed by atoms with E-state index in [-0.39, 0.29) is 15.5 Å². The zero-order valence-electron chi connectivity index (χ0n) is 6.61. The molecule has 2 aromatic rings. The van der Waals surface area contributed by atoms with Crippen LogP contribution in [0, 0.1) is 15.0 Å². The Morgan fingerprint density at radius 1 is 1.57 bits per heavy atom. The first kappa shape index (κ1) is 9.17. The highest BCUT2D eigenvalue weighted by molar-refractivity contribution is 7.71. The molecule has 1 N–H and O–H groups in total. The molecule has 0 amide bonds. The summed E-state index contributed by atoms with van der Waals surface area (Å²) in [6, 6.07) is 2.54. The van der Waals surface area contributed by atoms with Crippen LogP contribution in [0.3, 0.4) is 0 Å². The number of aromatic amines is 1. The molecule has 0 saturated carbocycles. The van der Waals surface area contributed by atoms with E-state index in [1.165, 1.54) is 12.1 Å². The standard InChI is InChI=1S/C7H3ClN2O3S/c8-4-1-3(10(11)12)2-5-6(4)13-7(14)9-5/h1-2H,(H,9,14). The highest BCUT2D eigenvalue weighted by Gasteiger charge is 2.13. The van der Waals surface area contributed by atoms with Crippen LogP contribution in [0.5, 0.6) is 0 Å². The Kier molecular flexibility index (Phi) is 2.01. The maximum absolute atomic E-state index is 10.5. The third-order valence-electron chi connectivity index (χ3n) is 1.67. The molecule has 0 spiro atoms. The summed E-state index contributed by atoms with van der Waals surface area (Å²) in [5.74, 6) is 0. The van der Waals surface area contributed by atoms with Gasteiger partial charge in [-0.1, -0.05) is 11.6 Å². The van der Waals surface area contributed by atoms with Crippen LogP contribution in [-0.4, -0.2) is 9.91 Å². The molecule has 14 heavy (non-hydrogen) atoms. The molecule has 0 radical (unpaired) electrons. The van der Waals surface area contributed by atoms with Crippen molar-refractivity contribution >= 4 is 40.6 Å². The minimum absolute atomic E-state index is 0.102. The van der Waals surface area contributed by atoms with Crippen molar-refractivity contribution in [2.24, 2.45) is 0 Å². The number of halogens is 1. The van der Waals surface area contributed by atoms with Gasteiger partial charge in [0.25, 0.3) is 10.5 Å². The molecular weight excluding hydrogens is 228 g/mol. The minimum atomic E-state index is -0.533. The third-order valence-corrected chi connectivity index (χ3v) is 2.14. The number of H-pyrrole nitrogens is 1. The molecule has 72 valence electrons. The van der Waals surface area contributed by atoms with Gasteiger partial charge in [0.15, 0.2) is 5.58 Å². The molecule has 0 unspecified atom stereocenters. The van der Waals surface area contributed by atoms with Crippen LogP contribution in [0.25, 0.3) is 11.1 Å². The average molecular weight is 231 g/mol. The summed E-state index contributed by atoms with van der Waals surface area (Å²) < 4.78 is 5.04. The van der Waals surface area contributed by atoms with Gasteiger partial charge in [-0.05, 0) is 12.2 Å². The first-order valence-corrected chi connectivity index (χ1v) is 4.33. The SMILES string of the molecule is O=[N+]([O-])c1cc(Cl)c2oc(=S)[nH]c2c1. The Hall–Kier alpha value is -1.40. The lowest BCUT2D eigenvalue weighted by Gasteiger charge is -1.92. The van der Waals surface area contributed by atoms with Gasteiger partial charge in [-0.15, -0.1) is 0 Å². The number of hydrogen-bond donors (Lipinski definition) is 1. The number of aromatic nitrogens is 1. The summed E-state index contributed by atoms with van der Waals surface area (Å²) in [4.78, 5) is 12.7. The second-order valence-corrected chi connectivity index (χ2v) is 3.35. The van der Waals surface area contributed by atoms with Crippen LogP contribution in [-0.2, 0) is 0 Å². The van der Waals surface area contributed by atoms with Crippen LogP contribution < -0.4 is 0 Å². The second kappa shape index (κ2) is 3.07. The van der Waals surface area contributed by atoms with Gasteiger partial charge in [0.05, 0.1) is 15.5 Å². The van der Waals surface area contributed by atoms with E-state index < -0.39 is 4.92 Å². The van der Waals surface area contributed by atoms with Gasteiger partial charge >= 0.3 is 0 Å². The summed E-state index contributed by atoms with van der Waals surface area (Å²) in [6.07, 6.45) is 0. The molecule has 0 aliphatic rings. The van der Waals surface area contributed by atoms with Crippen LogP contribution >= 0.6 is 23.8 Å². The monoisotopic (exact) mass is 230 g/mol. The topological polar surface area (TPSA) is 72.1 Å². The van der Waals surface area contributed by atoms with E-state index in [2.05, 4.69) is 4.98 Å². The smallest absolute Gasteiger partial charge is 0.273 e. The number of nitrogens with zero attached hydrogens (tertiary/aromatic N) is 1. The van der Waals surface area contributed by atoms with E-state index in [4.69, 9.17) is 28.2 Å². The molecule has 0 fully saturated rings. The maximum Gasteiger partial charge on any atom is 0.273 e. The van der Waals surface area contributed by atoms with E-state index in [1.807, 2.05) is 0 Å². The molecule has 0 bridgehead atoms. The average Bonchev–Trinajstić information content (AvgIpc) is 2.45. The van der Waals surface area contributed by atoms with Crippen molar-refractivity contribution in [3.05, 3.63) is 32.1 Å². The Labute approximate surface area is 87.4 Å². The molecule has 0 aliphatic heterocycles. The Morgan fingerprint density at radius 2 is 2.29 bits per heavy atom. The summed E-state index contributed by atoms with van der Waals surface area (Å²) in [5, 5.41) is 10.6. The van der Waals surface area contributed by atoms with Gasteiger partial charge < -0.3 is 9.40 Å². The lowest BCUT2D eigenvalue weighted by molar-refractivity contribution is -0.384. The number of rotatable bonds is 1. The van der Waals surface area contributed by atoms with Crippen molar-refractivity contribution in [1.29, 1.82) is 0 Å². The summed E-state index contributed by atoms with van der Waals surface area (Å²) in [7, 11) is 0. The van der Waals surface area contributed by atoms with Crippen molar-refractivity contribution in [2.75, 3.05) is 0 Å². The normalized spacial score (nSPS) is 10.6. The van der Waals surface area contributed by atoms with E-state index in [1.54, 1.807) is 0 Å². The Balaban J connectivity index is 2.84. The van der Waals surface area contributed by atoms with E-state index in [9.17, 15) is 10.1 Å². The quantitative estimate of drug-likeness (QED) is 0.464. The third kappa shape index (κ3) is 1.38. The molecular formula is C7H3ClN2O3S. The second-order valence-electron chi connectivity index (χ2n) is 2.58. The highest BCUT2D eigenvalue weighted by Crippen LogP contribution is 2.28. The van der Waals surface area contributed by atoms with Crippen LogP contribution in [0.15, 0.2) is 16.5 Å². The van der Waals surface area contributed by atoms with Gasteiger partial charge in [0, 0.05) is 12.1 Å². The molecule has 0 aliphatic carbocycles. The first-order valence-electron chi connectivity index (χ1n) is 3.54. The van der Waals surface area contributed by atoms with Crippen LogP contribution in [0.1, 0.15) is 0 Å². The lowest BCUT2D eigenvalue weighted by atomic mass is 10.3.